The molecule has 0 aliphatic heterocycles. The van der Waals surface area contributed by atoms with Gasteiger partial charge < -0.3 is 4.74 Å². The molecule has 1 aromatic heterocycles. The van der Waals surface area contributed by atoms with E-state index < -0.39 is 0 Å². The van der Waals surface area contributed by atoms with Gasteiger partial charge in [0.25, 0.3) is 0 Å². The molecule has 0 spiro atoms. The van der Waals surface area contributed by atoms with Gasteiger partial charge in [0.1, 0.15) is 5.75 Å². The van der Waals surface area contributed by atoms with Crippen LogP contribution >= 0.6 is 0 Å². The predicted molar refractivity (Wildman–Crippen MR) is 90.3 cm³/mol. The first-order chi connectivity index (χ1) is 10.9. The molecule has 0 bridgehead atoms. The molecule has 0 amide bonds. The van der Waals surface area contributed by atoms with Crippen molar-refractivity contribution in [2.45, 2.75) is 52.0 Å². The van der Waals surface area contributed by atoms with Crippen molar-refractivity contribution in [1.29, 1.82) is 0 Å². The van der Waals surface area contributed by atoms with Gasteiger partial charge in [-0.15, -0.1) is 0 Å². The van der Waals surface area contributed by atoms with Gasteiger partial charge in [-0.1, -0.05) is 12.1 Å². The number of ketones is 1. The Labute approximate surface area is 137 Å². The molecule has 4 nitrogen and oxygen atoms in total. The standard InChI is InChI=1S/C19H24N2O2/c1-19(2,3)21-16-6-5-7-17(22)18(16)15(20-21)12-13-8-10-14(23-4)11-9-13/h8-11H,5-7,12H2,1-4H3. The Bertz CT molecular complexity index is 721. The predicted octanol–water partition coefficient (Wildman–Crippen LogP) is 3.76. The molecule has 0 unspecified atom stereocenters. The number of fused-ring (bicyclic) bond motifs is 1. The van der Waals surface area contributed by atoms with Crippen LogP contribution in [0.15, 0.2) is 24.3 Å². The number of benzene rings is 1. The van der Waals surface area contributed by atoms with Crippen LogP contribution in [-0.2, 0) is 18.4 Å². The number of aromatic nitrogens is 2. The van der Waals surface area contributed by atoms with E-state index in [1.165, 1.54) is 0 Å². The van der Waals surface area contributed by atoms with Crippen LogP contribution in [0.2, 0.25) is 0 Å². The number of carbonyl (C=O) groups excluding carboxylic acids is 1. The minimum Gasteiger partial charge on any atom is -0.497 e. The summed E-state index contributed by atoms with van der Waals surface area (Å²) in [6.07, 6.45) is 3.18. The van der Waals surface area contributed by atoms with Gasteiger partial charge in [-0.05, 0) is 51.3 Å². The van der Waals surface area contributed by atoms with E-state index in [9.17, 15) is 4.79 Å². The van der Waals surface area contributed by atoms with Crippen molar-refractivity contribution in [2.24, 2.45) is 0 Å². The number of hydrogen-bond donors (Lipinski definition) is 0. The Morgan fingerprint density at radius 2 is 1.87 bits per heavy atom. The molecule has 1 aliphatic rings. The molecule has 0 atom stereocenters. The molecule has 1 aromatic carbocycles. The fourth-order valence-electron chi connectivity index (χ4n) is 3.21. The molecule has 1 heterocycles. The Kier molecular flexibility index (Phi) is 4.00. The summed E-state index contributed by atoms with van der Waals surface area (Å²) >= 11 is 0. The normalized spacial score (nSPS) is 14.7. The summed E-state index contributed by atoms with van der Waals surface area (Å²) < 4.78 is 7.26. The van der Waals surface area contributed by atoms with Gasteiger partial charge in [-0.25, -0.2) is 0 Å². The highest BCUT2D eigenvalue weighted by Crippen LogP contribution is 2.30. The van der Waals surface area contributed by atoms with Crippen LogP contribution in [0.1, 0.15) is 60.9 Å². The number of Topliss-reactive ketones (excluding diaryl/α,β-unsaturated/α-hetero) is 1. The number of carbonyl (C=O) groups is 1. The molecule has 0 fully saturated rings. The Hall–Kier alpha value is -2.10. The molecule has 0 saturated carbocycles. The second kappa shape index (κ2) is 5.84. The lowest BCUT2D eigenvalue weighted by molar-refractivity contribution is 0.0970. The molecule has 122 valence electrons. The van der Waals surface area contributed by atoms with Gasteiger partial charge in [0.15, 0.2) is 5.78 Å². The van der Waals surface area contributed by atoms with Gasteiger partial charge in [0, 0.05) is 12.8 Å². The molecule has 4 heteroatoms. The summed E-state index contributed by atoms with van der Waals surface area (Å²) in [7, 11) is 1.66. The lowest BCUT2D eigenvalue weighted by Crippen LogP contribution is -2.27. The van der Waals surface area contributed by atoms with Gasteiger partial charge in [0.2, 0.25) is 0 Å². The van der Waals surface area contributed by atoms with E-state index in [0.29, 0.717) is 12.8 Å². The maximum absolute atomic E-state index is 12.5. The van der Waals surface area contributed by atoms with Crippen molar-refractivity contribution in [2.75, 3.05) is 7.11 Å². The van der Waals surface area contributed by atoms with Crippen molar-refractivity contribution in [3.05, 3.63) is 46.8 Å². The molecular weight excluding hydrogens is 288 g/mol. The molecule has 0 saturated heterocycles. The zero-order valence-electron chi connectivity index (χ0n) is 14.3. The lowest BCUT2D eigenvalue weighted by Gasteiger charge is -2.24. The summed E-state index contributed by atoms with van der Waals surface area (Å²) in [4.78, 5) is 12.5. The summed E-state index contributed by atoms with van der Waals surface area (Å²) in [5.74, 6) is 1.08. The maximum atomic E-state index is 12.5. The minimum absolute atomic E-state index is 0.111. The third kappa shape index (κ3) is 3.03. The van der Waals surface area contributed by atoms with E-state index in [0.717, 1.165) is 41.1 Å². The van der Waals surface area contributed by atoms with Crippen LogP contribution in [0.4, 0.5) is 0 Å². The average Bonchev–Trinajstić information content (AvgIpc) is 2.88. The van der Waals surface area contributed by atoms with E-state index in [1.807, 2.05) is 24.3 Å². The molecular formula is C19H24N2O2. The Morgan fingerprint density at radius 1 is 1.17 bits per heavy atom. The van der Waals surface area contributed by atoms with E-state index in [-0.39, 0.29) is 11.3 Å². The highest BCUT2D eigenvalue weighted by Gasteiger charge is 2.30. The summed E-state index contributed by atoms with van der Waals surface area (Å²) in [6, 6.07) is 7.97. The van der Waals surface area contributed by atoms with Crippen LogP contribution in [0.3, 0.4) is 0 Å². The first-order valence-corrected chi connectivity index (χ1v) is 8.17. The second-order valence-electron chi connectivity index (χ2n) is 7.15. The first-order valence-electron chi connectivity index (χ1n) is 8.17. The highest BCUT2D eigenvalue weighted by molar-refractivity contribution is 5.99. The van der Waals surface area contributed by atoms with E-state index in [2.05, 4.69) is 25.5 Å². The number of ether oxygens (including phenoxy) is 1. The van der Waals surface area contributed by atoms with E-state index >= 15 is 0 Å². The Balaban J connectivity index is 2.01. The van der Waals surface area contributed by atoms with E-state index in [4.69, 9.17) is 9.84 Å². The number of nitrogens with zero attached hydrogens (tertiary/aromatic N) is 2. The summed E-state index contributed by atoms with van der Waals surface area (Å²) in [6.45, 7) is 6.41. The zero-order valence-corrected chi connectivity index (χ0v) is 14.3. The topological polar surface area (TPSA) is 44.1 Å². The van der Waals surface area contributed by atoms with E-state index in [1.54, 1.807) is 7.11 Å². The highest BCUT2D eigenvalue weighted by atomic mass is 16.5. The van der Waals surface area contributed by atoms with Crippen molar-refractivity contribution in [1.82, 2.24) is 9.78 Å². The number of hydrogen-bond acceptors (Lipinski definition) is 3. The van der Waals surface area contributed by atoms with Gasteiger partial charge in [0.05, 0.1) is 29.6 Å². The van der Waals surface area contributed by atoms with Gasteiger partial charge >= 0.3 is 0 Å². The molecule has 23 heavy (non-hydrogen) atoms. The average molecular weight is 312 g/mol. The summed E-state index contributed by atoms with van der Waals surface area (Å²) in [5, 5.41) is 4.82. The lowest BCUT2D eigenvalue weighted by atomic mass is 9.92. The number of rotatable bonds is 3. The third-order valence-electron chi connectivity index (χ3n) is 4.32. The van der Waals surface area contributed by atoms with Crippen LogP contribution in [0.5, 0.6) is 5.75 Å². The smallest absolute Gasteiger partial charge is 0.166 e. The SMILES string of the molecule is COc1ccc(Cc2nn(C(C)(C)C)c3c2C(=O)CCC3)cc1. The van der Waals surface area contributed by atoms with Crippen LogP contribution < -0.4 is 4.74 Å². The van der Waals surface area contributed by atoms with Crippen molar-refractivity contribution >= 4 is 5.78 Å². The van der Waals surface area contributed by atoms with Crippen molar-refractivity contribution in [3.8, 4) is 5.75 Å². The zero-order chi connectivity index (χ0) is 16.6. The summed E-state index contributed by atoms with van der Waals surface area (Å²) in [5.41, 5.74) is 3.91. The van der Waals surface area contributed by atoms with Crippen LogP contribution in [0, 0.1) is 0 Å². The van der Waals surface area contributed by atoms with Crippen LogP contribution in [-0.4, -0.2) is 22.7 Å². The fourth-order valence-corrected chi connectivity index (χ4v) is 3.21. The minimum atomic E-state index is -0.111. The van der Waals surface area contributed by atoms with Crippen molar-refractivity contribution in [3.63, 3.8) is 0 Å². The fraction of sp³-hybridized carbons (Fsp3) is 0.474. The first kappa shape index (κ1) is 15.8. The largest absolute Gasteiger partial charge is 0.497 e. The monoisotopic (exact) mass is 312 g/mol. The molecule has 3 rings (SSSR count). The van der Waals surface area contributed by atoms with Crippen LogP contribution in [0.25, 0.3) is 0 Å². The molecule has 2 aromatic rings. The quantitative estimate of drug-likeness (QED) is 0.867. The van der Waals surface area contributed by atoms with Crippen molar-refractivity contribution < 1.29 is 9.53 Å². The molecule has 1 aliphatic carbocycles. The molecule has 0 radical (unpaired) electrons. The number of methoxy groups -OCH3 is 1. The molecule has 0 N–H and O–H groups in total. The maximum Gasteiger partial charge on any atom is 0.166 e. The van der Waals surface area contributed by atoms with Gasteiger partial charge in [-0.3, -0.25) is 9.48 Å². The Morgan fingerprint density at radius 3 is 2.48 bits per heavy atom. The second-order valence-corrected chi connectivity index (χ2v) is 7.15. The third-order valence-corrected chi connectivity index (χ3v) is 4.32. The van der Waals surface area contributed by atoms with Gasteiger partial charge in [-0.2, -0.15) is 5.10 Å².